The van der Waals surface area contributed by atoms with E-state index in [9.17, 15) is 4.79 Å². The Morgan fingerprint density at radius 1 is 1.35 bits per heavy atom. The fourth-order valence-electron chi connectivity index (χ4n) is 1.36. The Morgan fingerprint density at radius 3 is 2.82 bits per heavy atom. The summed E-state index contributed by atoms with van der Waals surface area (Å²) in [4.78, 5) is 21.9. The maximum atomic E-state index is 11.7. The van der Waals surface area contributed by atoms with Crippen LogP contribution in [0.25, 0.3) is 5.53 Å². The van der Waals surface area contributed by atoms with Crippen molar-refractivity contribution in [2.75, 3.05) is 0 Å². The minimum atomic E-state index is -0.417. The minimum absolute atomic E-state index is 0.0171. The summed E-state index contributed by atoms with van der Waals surface area (Å²) in [7, 11) is 0. The molecule has 0 atom stereocenters. The molecule has 1 aliphatic rings. The maximum Gasteiger partial charge on any atom is 0.434 e. The van der Waals surface area contributed by atoms with Crippen LogP contribution in [0.4, 0.5) is 0 Å². The second-order valence-corrected chi connectivity index (χ2v) is 3.31. The van der Waals surface area contributed by atoms with Gasteiger partial charge in [0, 0.05) is 6.54 Å². The second kappa shape index (κ2) is 4.96. The highest BCUT2D eigenvalue weighted by molar-refractivity contribution is 6.67. The zero-order valence-corrected chi connectivity index (χ0v) is 8.87. The predicted molar refractivity (Wildman–Crippen MR) is 62.8 cm³/mol. The first-order chi connectivity index (χ1) is 8.31. The summed E-state index contributed by atoms with van der Waals surface area (Å²) >= 11 is 0. The molecule has 1 N–H and O–H groups in total. The van der Waals surface area contributed by atoms with E-state index in [1.54, 1.807) is 0 Å². The first-order valence-electron chi connectivity index (χ1n) is 4.96. The number of carbonyl (C=O) groups is 1. The Balaban J connectivity index is 1.98. The zero-order chi connectivity index (χ0) is 12.1. The summed E-state index contributed by atoms with van der Waals surface area (Å²) in [5.74, 6) is -0.491. The molecule has 1 amide bonds. The van der Waals surface area contributed by atoms with E-state index < -0.39 is 5.91 Å². The SMILES string of the molecule is [N-]=[N+]=C1N=CN=C1C(=O)NCc1ccccc1. The third kappa shape index (κ3) is 2.50. The fraction of sp³-hybridized carbons (Fsp3) is 0.0909. The minimum Gasteiger partial charge on any atom is -0.497 e. The van der Waals surface area contributed by atoms with Gasteiger partial charge in [0.15, 0.2) is 0 Å². The lowest BCUT2D eigenvalue weighted by Crippen LogP contribution is -2.34. The van der Waals surface area contributed by atoms with Gasteiger partial charge in [0.2, 0.25) is 12.1 Å². The number of aliphatic imine (C=N–C) groups is 2. The lowest BCUT2D eigenvalue weighted by Gasteiger charge is -2.02. The molecule has 2 rings (SSSR count). The lowest BCUT2D eigenvalue weighted by molar-refractivity contribution is -0.114. The summed E-state index contributed by atoms with van der Waals surface area (Å²) in [6.07, 6.45) is 1.17. The quantitative estimate of drug-likeness (QED) is 0.588. The van der Waals surface area contributed by atoms with Gasteiger partial charge in [0.05, 0.1) is 0 Å². The third-order valence-corrected chi connectivity index (χ3v) is 2.18. The van der Waals surface area contributed by atoms with E-state index in [0.717, 1.165) is 5.56 Å². The number of nitrogens with one attached hydrogen (secondary N) is 1. The number of benzene rings is 1. The highest BCUT2D eigenvalue weighted by atomic mass is 16.1. The van der Waals surface area contributed by atoms with Crippen LogP contribution in [0.1, 0.15) is 5.56 Å². The van der Waals surface area contributed by atoms with Crippen LogP contribution in [0.5, 0.6) is 0 Å². The summed E-state index contributed by atoms with van der Waals surface area (Å²) in [6, 6.07) is 9.47. The van der Waals surface area contributed by atoms with Gasteiger partial charge in [-0.15, -0.1) is 0 Å². The van der Waals surface area contributed by atoms with Crippen LogP contribution in [0.3, 0.4) is 0 Å². The van der Waals surface area contributed by atoms with Gasteiger partial charge in [-0.1, -0.05) is 30.3 Å². The molecule has 0 unspecified atom stereocenters. The average molecular weight is 227 g/mol. The number of rotatable bonds is 3. The Bertz CT molecular complexity index is 540. The molecule has 0 radical (unpaired) electrons. The fourth-order valence-corrected chi connectivity index (χ4v) is 1.36. The molecule has 6 nitrogen and oxygen atoms in total. The number of hydrogen-bond donors (Lipinski definition) is 1. The molecule has 84 valence electrons. The third-order valence-electron chi connectivity index (χ3n) is 2.18. The van der Waals surface area contributed by atoms with Crippen molar-refractivity contribution >= 4 is 23.8 Å². The molecule has 1 aliphatic heterocycles. The topological polar surface area (TPSA) is 90.2 Å². The van der Waals surface area contributed by atoms with Crippen molar-refractivity contribution in [2.24, 2.45) is 9.98 Å². The van der Waals surface area contributed by atoms with Crippen molar-refractivity contribution in [1.29, 1.82) is 0 Å². The van der Waals surface area contributed by atoms with Gasteiger partial charge < -0.3 is 15.6 Å². The highest BCUT2D eigenvalue weighted by Crippen LogP contribution is 1.98. The van der Waals surface area contributed by atoms with Crippen LogP contribution in [-0.2, 0) is 11.3 Å². The first kappa shape index (κ1) is 10.9. The number of carbonyl (C=O) groups excluding carboxylic acids is 1. The van der Waals surface area contributed by atoms with E-state index in [0.29, 0.717) is 6.54 Å². The van der Waals surface area contributed by atoms with E-state index in [1.165, 1.54) is 6.34 Å². The second-order valence-electron chi connectivity index (χ2n) is 3.31. The standard InChI is InChI=1S/C11H9N5O/c12-16-10-9(14-7-15-10)11(17)13-6-8-4-2-1-3-5-8/h1-5,7H,6H2,(H,13,17). The molecule has 0 bridgehead atoms. The molecule has 0 fully saturated rings. The molecule has 1 heterocycles. The normalized spacial score (nSPS) is 13.2. The molecular weight excluding hydrogens is 218 g/mol. The Hall–Kier alpha value is -2.59. The van der Waals surface area contributed by atoms with Crippen LogP contribution in [0, 0.1) is 0 Å². The van der Waals surface area contributed by atoms with Gasteiger partial charge >= 0.3 is 5.84 Å². The van der Waals surface area contributed by atoms with Crippen molar-refractivity contribution < 1.29 is 9.58 Å². The molecule has 17 heavy (non-hydrogen) atoms. The Labute approximate surface area is 97.3 Å². The van der Waals surface area contributed by atoms with Gasteiger partial charge in [0.1, 0.15) is 0 Å². The largest absolute Gasteiger partial charge is 0.497 e. The molecule has 0 saturated heterocycles. The highest BCUT2D eigenvalue weighted by Gasteiger charge is 2.28. The van der Waals surface area contributed by atoms with E-state index in [1.807, 2.05) is 30.3 Å². The first-order valence-corrected chi connectivity index (χ1v) is 4.96. The lowest BCUT2D eigenvalue weighted by atomic mass is 10.2. The summed E-state index contributed by atoms with van der Waals surface area (Å²) in [5.41, 5.74) is 9.58. The molecule has 0 spiro atoms. The molecule has 0 saturated carbocycles. The predicted octanol–water partition coefficient (Wildman–Crippen LogP) is 0.414. The average Bonchev–Trinajstić information content (AvgIpc) is 2.85. The maximum absolute atomic E-state index is 11.7. The van der Waals surface area contributed by atoms with Gasteiger partial charge in [-0.05, 0) is 10.6 Å². The molecule has 0 aromatic heterocycles. The van der Waals surface area contributed by atoms with Gasteiger partial charge in [-0.25, -0.2) is 0 Å². The Kier molecular flexibility index (Phi) is 3.18. The van der Waals surface area contributed by atoms with E-state index in [-0.39, 0.29) is 11.5 Å². The summed E-state index contributed by atoms with van der Waals surface area (Å²) < 4.78 is 0. The van der Waals surface area contributed by atoms with Crippen LogP contribution < -0.4 is 5.32 Å². The van der Waals surface area contributed by atoms with Crippen LogP contribution in [0.15, 0.2) is 40.3 Å². The van der Waals surface area contributed by atoms with Gasteiger partial charge in [-0.3, -0.25) is 4.79 Å². The van der Waals surface area contributed by atoms with Crippen LogP contribution in [-0.4, -0.2) is 28.6 Å². The van der Waals surface area contributed by atoms with Crippen molar-refractivity contribution in [2.45, 2.75) is 6.54 Å². The van der Waals surface area contributed by atoms with Crippen LogP contribution >= 0.6 is 0 Å². The molecule has 0 aliphatic carbocycles. The van der Waals surface area contributed by atoms with Gasteiger partial charge in [-0.2, -0.15) is 4.99 Å². The molecule has 1 aromatic rings. The molecule has 1 aromatic carbocycles. The van der Waals surface area contributed by atoms with Crippen LogP contribution in [0.2, 0.25) is 0 Å². The van der Waals surface area contributed by atoms with E-state index in [2.05, 4.69) is 20.1 Å². The number of amides is 1. The van der Waals surface area contributed by atoms with Gasteiger partial charge in [0.25, 0.3) is 5.91 Å². The van der Waals surface area contributed by atoms with Crippen molar-refractivity contribution in [3.8, 4) is 0 Å². The summed E-state index contributed by atoms with van der Waals surface area (Å²) in [6.45, 7) is 0.386. The van der Waals surface area contributed by atoms with Crippen molar-refractivity contribution in [3.63, 3.8) is 0 Å². The molecule has 6 heteroatoms. The number of hydrogen-bond acceptors (Lipinski definition) is 2. The van der Waals surface area contributed by atoms with Crippen molar-refractivity contribution in [3.05, 3.63) is 41.4 Å². The number of nitrogens with zero attached hydrogens (tertiary/aromatic N) is 4. The Morgan fingerprint density at radius 2 is 2.12 bits per heavy atom. The number of amidine groups is 1. The van der Waals surface area contributed by atoms with Crippen molar-refractivity contribution in [1.82, 2.24) is 5.32 Å². The van der Waals surface area contributed by atoms with E-state index in [4.69, 9.17) is 5.53 Å². The monoisotopic (exact) mass is 227 g/mol. The smallest absolute Gasteiger partial charge is 0.434 e. The molecular formula is C11H9N5O. The zero-order valence-electron chi connectivity index (χ0n) is 8.87. The van der Waals surface area contributed by atoms with E-state index >= 15 is 0 Å². The summed E-state index contributed by atoms with van der Waals surface area (Å²) in [5, 5.41) is 2.66.